The zero-order chi connectivity index (χ0) is 18.6. The van der Waals surface area contributed by atoms with Crippen molar-refractivity contribution < 1.29 is 29.3 Å². The van der Waals surface area contributed by atoms with Crippen LogP contribution in [0.15, 0.2) is 0 Å². The average molecular weight is 346 g/mol. The smallest absolute Gasteiger partial charge is 0.305 e. The van der Waals surface area contributed by atoms with E-state index in [1.807, 2.05) is 27.7 Å². The Bertz CT molecular complexity index is 340. The summed E-state index contributed by atoms with van der Waals surface area (Å²) in [7, 11) is 0. The maximum absolute atomic E-state index is 11.6. The third kappa shape index (κ3) is 12.3. The summed E-state index contributed by atoms with van der Waals surface area (Å²) in [5.74, 6) is -0.496. The highest BCUT2D eigenvalue weighted by molar-refractivity contribution is 5.69. The Balaban J connectivity index is 3.60. The molecule has 0 aromatic rings. The first-order valence-electron chi connectivity index (χ1n) is 8.65. The highest BCUT2D eigenvalue weighted by Gasteiger charge is 2.19. The number of carbonyl (C=O) groups excluding carboxylic acids is 2. The van der Waals surface area contributed by atoms with E-state index in [0.29, 0.717) is 12.8 Å². The molecule has 0 atom stereocenters. The topological polar surface area (TPSA) is 93.1 Å². The van der Waals surface area contributed by atoms with Crippen molar-refractivity contribution in [3.8, 4) is 0 Å². The summed E-state index contributed by atoms with van der Waals surface area (Å²) in [6.07, 6.45) is 3.88. The second kappa shape index (κ2) is 11.4. The van der Waals surface area contributed by atoms with Gasteiger partial charge in [0.1, 0.15) is 0 Å². The molecule has 6 heteroatoms. The van der Waals surface area contributed by atoms with Gasteiger partial charge in [-0.05, 0) is 12.8 Å². The molecule has 0 radical (unpaired) electrons. The van der Waals surface area contributed by atoms with E-state index in [1.165, 1.54) is 0 Å². The summed E-state index contributed by atoms with van der Waals surface area (Å²) < 4.78 is 10.2. The van der Waals surface area contributed by atoms with Crippen LogP contribution in [0.3, 0.4) is 0 Å². The molecular weight excluding hydrogens is 312 g/mol. The highest BCUT2D eigenvalue weighted by atomic mass is 16.5. The molecule has 0 rings (SSSR count). The van der Waals surface area contributed by atoms with Gasteiger partial charge in [0, 0.05) is 23.7 Å². The van der Waals surface area contributed by atoms with Gasteiger partial charge in [0.25, 0.3) is 0 Å². The average Bonchev–Trinajstić information content (AvgIpc) is 2.54. The van der Waals surface area contributed by atoms with Crippen LogP contribution in [0.1, 0.15) is 66.2 Å². The van der Waals surface area contributed by atoms with E-state index >= 15 is 0 Å². The summed E-state index contributed by atoms with van der Waals surface area (Å²) >= 11 is 0. The van der Waals surface area contributed by atoms with Gasteiger partial charge in [0.05, 0.1) is 26.4 Å². The maximum Gasteiger partial charge on any atom is 0.305 e. The molecule has 0 unspecified atom stereocenters. The molecule has 0 saturated heterocycles. The first-order valence-corrected chi connectivity index (χ1v) is 8.65. The fraction of sp³-hybridized carbons (Fsp3) is 0.889. The van der Waals surface area contributed by atoms with E-state index in [0.717, 1.165) is 25.7 Å². The predicted octanol–water partition coefficient (Wildman–Crippen LogP) is 2.45. The number of esters is 2. The first-order chi connectivity index (χ1) is 11.1. The van der Waals surface area contributed by atoms with Crippen LogP contribution >= 0.6 is 0 Å². The van der Waals surface area contributed by atoms with Crippen molar-refractivity contribution in [2.45, 2.75) is 66.2 Å². The minimum Gasteiger partial charge on any atom is -0.465 e. The molecule has 0 heterocycles. The number of ether oxygens (including phenoxy) is 2. The minimum absolute atomic E-state index is 0.0220. The Hall–Kier alpha value is -1.14. The van der Waals surface area contributed by atoms with Crippen LogP contribution in [0, 0.1) is 10.8 Å². The third-order valence-corrected chi connectivity index (χ3v) is 3.62. The van der Waals surface area contributed by atoms with E-state index in [-0.39, 0.29) is 38.4 Å². The van der Waals surface area contributed by atoms with Crippen LogP contribution in [-0.4, -0.2) is 48.6 Å². The summed E-state index contributed by atoms with van der Waals surface area (Å²) in [6.45, 7) is 7.73. The molecule has 0 aromatic carbocycles. The minimum atomic E-state index is -0.402. The third-order valence-electron chi connectivity index (χ3n) is 3.62. The quantitative estimate of drug-likeness (QED) is 0.393. The van der Waals surface area contributed by atoms with Crippen molar-refractivity contribution in [1.29, 1.82) is 0 Å². The second-order valence-electron chi connectivity index (χ2n) is 7.88. The van der Waals surface area contributed by atoms with E-state index in [4.69, 9.17) is 19.7 Å². The molecule has 0 bridgehead atoms. The molecule has 6 nitrogen and oxygen atoms in total. The first kappa shape index (κ1) is 22.9. The zero-order valence-corrected chi connectivity index (χ0v) is 15.6. The lowest BCUT2D eigenvalue weighted by Crippen LogP contribution is -2.25. The maximum atomic E-state index is 11.6. The van der Waals surface area contributed by atoms with E-state index in [2.05, 4.69) is 0 Å². The van der Waals surface area contributed by atoms with Gasteiger partial charge in [-0.15, -0.1) is 0 Å². The lowest BCUT2D eigenvalue weighted by Gasteiger charge is -2.21. The van der Waals surface area contributed by atoms with Crippen LogP contribution in [0.4, 0.5) is 0 Å². The molecule has 0 fully saturated rings. The highest BCUT2D eigenvalue weighted by Crippen LogP contribution is 2.16. The summed E-state index contributed by atoms with van der Waals surface area (Å²) in [5.41, 5.74) is -0.804. The SMILES string of the molecule is CC(C)(CO)COC(=O)CCCCCCC(=O)OCC(C)(C)CO. The van der Waals surface area contributed by atoms with Gasteiger partial charge in [-0.1, -0.05) is 40.5 Å². The van der Waals surface area contributed by atoms with Crippen molar-refractivity contribution in [3.05, 3.63) is 0 Å². The number of carbonyl (C=O) groups is 2. The largest absolute Gasteiger partial charge is 0.465 e. The molecule has 0 spiro atoms. The van der Waals surface area contributed by atoms with Gasteiger partial charge >= 0.3 is 11.9 Å². The van der Waals surface area contributed by atoms with Crippen LogP contribution in [0.5, 0.6) is 0 Å². The molecule has 0 aliphatic rings. The number of unbranched alkanes of at least 4 members (excludes halogenated alkanes) is 3. The van der Waals surface area contributed by atoms with Crippen molar-refractivity contribution >= 4 is 11.9 Å². The van der Waals surface area contributed by atoms with Crippen molar-refractivity contribution in [3.63, 3.8) is 0 Å². The van der Waals surface area contributed by atoms with Gasteiger partial charge in [-0.2, -0.15) is 0 Å². The summed E-state index contributed by atoms with van der Waals surface area (Å²) in [5, 5.41) is 18.2. The molecule has 24 heavy (non-hydrogen) atoms. The number of rotatable bonds is 13. The standard InChI is InChI=1S/C18H34O6/c1-17(2,11-19)13-23-15(21)9-7-5-6-8-10-16(22)24-14-18(3,4)12-20/h19-20H,5-14H2,1-4H3. The Morgan fingerprint density at radius 3 is 1.33 bits per heavy atom. The predicted molar refractivity (Wildman–Crippen MR) is 91.4 cm³/mol. The van der Waals surface area contributed by atoms with Crippen molar-refractivity contribution in [2.24, 2.45) is 10.8 Å². The summed E-state index contributed by atoms with van der Waals surface area (Å²) in [6, 6.07) is 0. The van der Waals surface area contributed by atoms with Gasteiger partial charge < -0.3 is 19.7 Å². The second-order valence-corrected chi connectivity index (χ2v) is 7.88. The molecular formula is C18H34O6. The number of hydrogen-bond donors (Lipinski definition) is 2. The van der Waals surface area contributed by atoms with Gasteiger partial charge in [0.15, 0.2) is 0 Å². The lowest BCUT2D eigenvalue weighted by atomic mass is 9.96. The molecule has 0 aliphatic carbocycles. The van der Waals surface area contributed by atoms with Gasteiger partial charge in [0.2, 0.25) is 0 Å². The van der Waals surface area contributed by atoms with Gasteiger partial charge in [-0.3, -0.25) is 9.59 Å². The van der Waals surface area contributed by atoms with Crippen LogP contribution in [0.2, 0.25) is 0 Å². The molecule has 142 valence electrons. The Labute approximate surface area is 145 Å². The fourth-order valence-corrected chi connectivity index (χ4v) is 1.68. The number of hydrogen-bond acceptors (Lipinski definition) is 6. The lowest BCUT2D eigenvalue weighted by molar-refractivity contribution is -0.148. The zero-order valence-electron chi connectivity index (χ0n) is 15.6. The normalized spacial score (nSPS) is 12.1. The monoisotopic (exact) mass is 346 g/mol. The Morgan fingerprint density at radius 1 is 0.708 bits per heavy atom. The van der Waals surface area contributed by atoms with E-state index < -0.39 is 10.8 Å². The van der Waals surface area contributed by atoms with E-state index in [9.17, 15) is 9.59 Å². The Morgan fingerprint density at radius 2 is 1.04 bits per heavy atom. The number of aliphatic hydroxyl groups excluding tert-OH is 2. The molecule has 0 aliphatic heterocycles. The molecule has 0 amide bonds. The fourth-order valence-electron chi connectivity index (χ4n) is 1.68. The summed E-state index contributed by atoms with van der Waals surface area (Å²) in [4.78, 5) is 23.1. The van der Waals surface area contributed by atoms with Crippen LogP contribution in [0.25, 0.3) is 0 Å². The van der Waals surface area contributed by atoms with Gasteiger partial charge in [-0.25, -0.2) is 0 Å². The molecule has 0 saturated carbocycles. The van der Waals surface area contributed by atoms with Crippen molar-refractivity contribution in [1.82, 2.24) is 0 Å². The number of aliphatic hydroxyl groups is 2. The molecule has 0 aromatic heterocycles. The van der Waals surface area contributed by atoms with E-state index in [1.54, 1.807) is 0 Å². The van der Waals surface area contributed by atoms with Crippen molar-refractivity contribution in [2.75, 3.05) is 26.4 Å². The molecule has 2 N–H and O–H groups in total. The Kier molecular flexibility index (Phi) is 10.9. The van der Waals surface area contributed by atoms with Crippen LogP contribution in [-0.2, 0) is 19.1 Å². The van der Waals surface area contributed by atoms with Crippen LogP contribution < -0.4 is 0 Å².